The van der Waals surface area contributed by atoms with Gasteiger partial charge in [-0.3, -0.25) is 9.59 Å². The lowest BCUT2D eigenvalue weighted by Crippen LogP contribution is -2.55. The first-order valence-electron chi connectivity index (χ1n) is 13.8. The fourth-order valence-electron chi connectivity index (χ4n) is 4.86. The number of carbonyl (C=O) groups is 3. The second kappa shape index (κ2) is 14.3. The van der Waals surface area contributed by atoms with Crippen LogP contribution in [0.1, 0.15) is 36.5 Å². The average Bonchev–Trinajstić information content (AvgIpc) is 3.47. The first-order valence-corrected chi connectivity index (χ1v) is 13.8. The first kappa shape index (κ1) is 28.8. The highest BCUT2D eigenvalue weighted by Crippen LogP contribution is 2.21. The predicted molar refractivity (Wildman–Crippen MR) is 152 cm³/mol. The molecule has 8 nitrogen and oxygen atoms in total. The number of benzene rings is 3. The average molecular weight is 544 g/mol. The van der Waals surface area contributed by atoms with E-state index < -0.39 is 30.0 Å². The molecular formula is C32H37N3O5. The molecule has 1 saturated heterocycles. The number of esters is 1. The van der Waals surface area contributed by atoms with Gasteiger partial charge in [-0.25, -0.2) is 4.79 Å². The summed E-state index contributed by atoms with van der Waals surface area (Å²) in [6, 6.07) is 23.9. The molecule has 0 radical (unpaired) electrons. The van der Waals surface area contributed by atoms with Crippen LogP contribution in [0.4, 0.5) is 0 Å². The van der Waals surface area contributed by atoms with Crippen LogP contribution in [0.3, 0.4) is 0 Å². The number of ether oxygens (including phenoxy) is 2. The standard InChI is InChI=1S/C32H37N3O5/c1-2-39-26-17-15-24(16-18-26)20-27(33)30(36)34-28(21-23-10-5-3-6-11-23)31(37)35-19-9-14-29(35)32(38)40-22-25-12-7-4-8-13-25/h3-8,10-13,15-18,27-29H,2,9,14,19-22,33H2,1H3,(H,34,36)/t27-,28-,29+/m0/s1. The van der Waals surface area contributed by atoms with Crippen LogP contribution in [-0.4, -0.2) is 54.0 Å². The second-order valence-electron chi connectivity index (χ2n) is 9.92. The van der Waals surface area contributed by atoms with Gasteiger partial charge in [0.05, 0.1) is 12.6 Å². The van der Waals surface area contributed by atoms with E-state index >= 15 is 0 Å². The van der Waals surface area contributed by atoms with Crippen molar-refractivity contribution in [3.05, 3.63) is 102 Å². The van der Waals surface area contributed by atoms with E-state index in [4.69, 9.17) is 15.2 Å². The molecule has 8 heteroatoms. The van der Waals surface area contributed by atoms with Crippen LogP contribution in [0.2, 0.25) is 0 Å². The molecule has 3 aromatic carbocycles. The molecule has 0 unspecified atom stereocenters. The summed E-state index contributed by atoms with van der Waals surface area (Å²) in [7, 11) is 0. The minimum atomic E-state index is -0.871. The zero-order valence-electron chi connectivity index (χ0n) is 22.8. The van der Waals surface area contributed by atoms with Gasteiger partial charge in [-0.2, -0.15) is 0 Å². The normalized spacial score (nSPS) is 16.1. The van der Waals surface area contributed by atoms with Gasteiger partial charge in [-0.15, -0.1) is 0 Å². The highest BCUT2D eigenvalue weighted by molar-refractivity contribution is 5.92. The van der Waals surface area contributed by atoms with Crippen molar-refractivity contribution in [3.8, 4) is 5.75 Å². The lowest BCUT2D eigenvalue weighted by molar-refractivity contribution is -0.155. The van der Waals surface area contributed by atoms with Crippen LogP contribution in [-0.2, 0) is 38.6 Å². The highest BCUT2D eigenvalue weighted by atomic mass is 16.5. The predicted octanol–water partition coefficient (Wildman–Crippen LogP) is 3.42. The number of nitrogens with zero attached hydrogens (tertiary/aromatic N) is 1. The van der Waals surface area contributed by atoms with Crippen molar-refractivity contribution < 1.29 is 23.9 Å². The molecule has 1 heterocycles. The van der Waals surface area contributed by atoms with Crippen molar-refractivity contribution in [2.24, 2.45) is 5.73 Å². The molecule has 0 bridgehead atoms. The third kappa shape index (κ3) is 7.93. The van der Waals surface area contributed by atoms with Crippen molar-refractivity contribution in [1.29, 1.82) is 0 Å². The monoisotopic (exact) mass is 543 g/mol. The SMILES string of the molecule is CCOc1ccc(C[C@H](N)C(=O)N[C@@H](Cc2ccccc2)C(=O)N2CCC[C@@H]2C(=O)OCc2ccccc2)cc1. The van der Waals surface area contributed by atoms with Gasteiger partial charge in [0.25, 0.3) is 0 Å². The molecule has 0 spiro atoms. The summed E-state index contributed by atoms with van der Waals surface area (Å²) < 4.78 is 11.0. The molecule has 3 aromatic rings. The lowest BCUT2D eigenvalue weighted by atomic mass is 10.0. The quantitative estimate of drug-likeness (QED) is 0.339. The minimum absolute atomic E-state index is 0.142. The maximum Gasteiger partial charge on any atom is 0.329 e. The van der Waals surface area contributed by atoms with Gasteiger partial charge in [0.1, 0.15) is 24.4 Å². The zero-order valence-corrected chi connectivity index (χ0v) is 22.8. The van der Waals surface area contributed by atoms with E-state index in [9.17, 15) is 14.4 Å². The van der Waals surface area contributed by atoms with Crippen LogP contribution in [0.5, 0.6) is 5.75 Å². The van der Waals surface area contributed by atoms with Gasteiger partial charge in [0.15, 0.2) is 0 Å². The first-order chi connectivity index (χ1) is 19.4. The molecule has 3 atom stereocenters. The van der Waals surface area contributed by atoms with Crippen LogP contribution in [0.15, 0.2) is 84.9 Å². The van der Waals surface area contributed by atoms with E-state index in [-0.39, 0.29) is 18.9 Å². The van der Waals surface area contributed by atoms with Crippen LogP contribution in [0, 0.1) is 0 Å². The Bertz CT molecular complexity index is 1250. The van der Waals surface area contributed by atoms with Crippen molar-refractivity contribution in [2.75, 3.05) is 13.2 Å². The summed E-state index contributed by atoms with van der Waals surface area (Å²) in [6.07, 6.45) is 1.79. The third-order valence-electron chi connectivity index (χ3n) is 6.96. The molecule has 210 valence electrons. The molecule has 1 aliphatic heterocycles. The van der Waals surface area contributed by atoms with E-state index in [2.05, 4.69) is 5.32 Å². The van der Waals surface area contributed by atoms with E-state index in [0.29, 0.717) is 32.4 Å². The van der Waals surface area contributed by atoms with Crippen molar-refractivity contribution in [1.82, 2.24) is 10.2 Å². The van der Waals surface area contributed by atoms with Gasteiger partial charge in [-0.1, -0.05) is 72.8 Å². The highest BCUT2D eigenvalue weighted by Gasteiger charge is 2.39. The molecule has 3 N–H and O–H groups in total. The minimum Gasteiger partial charge on any atom is -0.494 e. The maximum atomic E-state index is 13.8. The molecule has 4 rings (SSSR count). The Morgan fingerprint density at radius 3 is 2.17 bits per heavy atom. The molecule has 0 aromatic heterocycles. The maximum absolute atomic E-state index is 13.8. The summed E-state index contributed by atoms with van der Waals surface area (Å²) in [5.41, 5.74) is 8.93. The van der Waals surface area contributed by atoms with E-state index in [1.54, 1.807) is 4.90 Å². The molecular weight excluding hydrogens is 506 g/mol. The topological polar surface area (TPSA) is 111 Å². The molecule has 40 heavy (non-hydrogen) atoms. The van der Waals surface area contributed by atoms with E-state index in [0.717, 1.165) is 22.4 Å². The molecule has 1 aliphatic rings. The smallest absolute Gasteiger partial charge is 0.329 e. The number of rotatable bonds is 12. The molecule has 2 amide bonds. The summed E-state index contributed by atoms with van der Waals surface area (Å²) in [6.45, 7) is 3.05. The largest absolute Gasteiger partial charge is 0.494 e. The number of nitrogens with one attached hydrogen (secondary N) is 1. The summed E-state index contributed by atoms with van der Waals surface area (Å²) >= 11 is 0. The van der Waals surface area contributed by atoms with E-state index in [1.807, 2.05) is 91.9 Å². The zero-order chi connectivity index (χ0) is 28.3. The molecule has 0 aliphatic carbocycles. The number of nitrogens with two attached hydrogens (primary N) is 1. The van der Waals surface area contributed by atoms with Gasteiger partial charge in [0.2, 0.25) is 11.8 Å². The van der Waals surface area contributed by atoms with Crippen LogP contribution < -0.4 is 15.8 Å². The third-order valence-corrected chi connectivity index (χ3v) is 6.96. The Hall–Kier alpha value is -4.17. The van der Waals surface area contributed by atoms with Crippen molar-refractivity contribution in [2.45, 2.75) is 57.3 Å². The lowest BCUT2D eigenvalue weighted by Gasteiger charge is -2.29. The molecule has 0 saturated carbocycles. The number of hydrogen-bond acceptors (Lipinski definition) is 6. The summed E-state index contributed by atoms with van der Waals surface area (Å²) in [4.78, 5) is 41.5. The number of likely N-dealkylation sites (tertiary alicyclic amines) is 1. The fraction of sp³-hybridized carbons (Fsp3) is 0.344. The molecule has 1 fully saturated rings. The Kier molecular flexibility index (Phi) is 10.3. The van der Waals surface area contributed by atoms with Crippen molar-refractivity contribution >= 4 is 17.8 Å². The van der Waals surface area contributed by atoms with Crippen LogP contribution >= 0.6 is 0 Å². The van der Waals surface area contributed by atoms with Gasteiger partial charge in [0, 0.05) is 13.0 Å². The Morgan fingerprint density at radius 2 is 1.52 bits per heavy atom. The van der Waals surface area contributed by atoms with Gasteiger partial charge < -0.3 is 25.4 Å². The number of carbonyl (C=O) groups excluding carboxylic acids is 3. The summed E-state index contributed by atoms with van der Waals surface area (Å²) in [5, 5.41) is 2.88. The van der Waals surface area contributed by atoms with Crippen molar-refractivity contribution in [3.63, 3.8) is 0 Å². The second-order valence-corrected chi connectivity index (χ2v) is 9.92. The van der Waals surface area contributed by atoms with Crippen LogP contribution in [0.25, 0.3) is 0 Å². The Balaban J connectivity index is 1.43. The fourth-order valence-corrected chi connectivity index (χ4v) is 4.86. The Labute approximate surface area is 235 Å². The van der Waals surface area contributed by atoms with Gasteiger partial charge >= 0.3 is 5.97 Å². The van der Waals surface area contributed by atoms with E-state index in [1.165, 1.54) is 0 Å². The summed E-state index contributed by atoms with van der Waals surface area (Å²) in [5.74, 6) is -0.429. The Morgan fingerprint density at radius 1 is 0.900 bits per heavy atom. The number of amides is 2. The van der Waals surface area contributed by atoms with Gasteiger partial charge in [-0.05, 0) is 55.0 Å². The number of hydrogen-bond donors (Lipinski definition) is 2.